The third kappa shape index (κ3) is 11.9. The minimum Gasteiger partial charge on any atom is -0.493 e. The smallest absolute Gasteiger partial charge is 0.308 e. The van der Waals surface area contributed by atoms with E-state index in [-0.39, 0.29) is 17.4 Å². The summed E-state index contributed by atoms with van der Waals surface area (Å²) in [6.07, 6.45) is 4.04. The van der Waals surface area contributed by atoms with Gasteiger partial charge in [0.25, 0.3) is 0 Å². The van der Waals surface area contributed by atoms with Gasteiger partial charge in [-0.1, -0.05) is 67.9 Å². The lowest BCUT2D eigenvalue weighted by molar-refractivity contribution is -0.143. The highest BCUT2D eigenvalue weighted by Crippen LogP contribution is 2.30. The van der Waals surface area contributed by atoms with Crippen molar-refractivity contribution in [2.24, 2.45) is 0 Å². The van der Waals surface area contributed by atoms with E-state index in [1.807, 2.05) is 54.6 Å². The predicted octanol–water partition coefficient (Wildman–Crippen LogP) is 6.92. The van der Waals surface area contributed by atoms with E-state index < -0.39 is 0 Å². The molecule has 0 aromatic heterocycles. The molecule has 3 aromatic carbocycles. The topological polar surface area (TPSA) is 74.3 Å². The van der Waals surface area contributed by atoms with Gasteiger partial charge in [0.2, 0.25) is 0 Å². The fraction of sp³-hybridized carbons (Fsp3) is 0.394. The molecule has 8 heteroatoms. The monoisotopic (exact) mass is 579 g/mol. The molecule has 41 heavy (non-hydrogen) atoms. The second-order valence-corrected chi connectivity index (χ2v) is 11.0. The van der Waals surface area contributed by atoms with Crippen molar-refractivity contribution in [3.05, 3.63) is 83.9 Å². The lowest BCUT2D eigenvalue weighted by Crippen LogP contribution is -2.34. The number of carbonyl (C=O) groups is 2. The molecule has 0 aliphatic heterocycles. The SMILES string of the molecule is CCCCCOc1ccc(CN(CCc2ccc(OC(C)=O)cc2)CC(OC(C)=O)Sc2ccccc2)cc1OC. The number of nitrogens with zero attached hydrogens (tertiary/aromatic N) is 1. The van der Waals surface area contributed by atoms with Crippen LogP contribution in [0.25, 0.3) is 0 Å². The van der Waals surface area contributed by atoms with Crippen LogP contribution < -0.4 is 14.2 Å². The van der Waals surface area contributed by atoms with Crippen LogP contribution in [0.4, 0.5) is 0 Å². The normalized spacial score (nSPS) is 11.6. The van der Waals surface area contributed by atoms with Crippen molar-refractivity contribution in [3.8, 4) is 17.2 Å². The summed E-state index contributed by atoms with van der Waals surface area (Å²) in [6.45, 7) is 7.54. The lowest BCUT2D eigenvalue weighted by Gasteiger charge is -2.27. The maximum absolute atomic E-state index is 12.0. The average molecular weight is 580 g/mol. The Morgan fingerprint density at radius 3 is 2.27 bits per heavy atom. The fourth-order valence-electron chi connectivity index (χ4n) is 4.28. The van der Waals surface area contributed by atoms with E-state index in [4.69, 9.17) is 18.9 Å². The van der Waals surface area contributed by atoms with Gasteiger partial charge in [-0.15, -0.1) is 0 Å². The van der Waals surface area contributed by atoms with E-state index in [1.165, 1.54) is 25.6 Å². The van der Waals surface area contributed by atoms with E-state index in [9.17, 15) is 9.59 Å². The molecule has 1 unspecified atom stereocenters. The number of benzene rings is 3. The first kappa shape index (κ1) is 32.0. The van der Waals surface area contributed by atoms with Crippen molar-refractivity contribution >= 4 is 23.7 Å². The maximum Gasteiger partial charge on any atom is 0.308 e. The van der Waals surface area contributed by atoms with Crippen molar-refractivity contribution < 1.29 is 28.5 Å². The van der Waals surface area contributed by atoms with Crippen LogP contribution in [0.3, 0.4) is 0 Å². The average Bonchev–Trinajstić information content (AvgIpc) is 2.95. The van der Waals surface area contributed by atoms with E-state index in [2.05, 4.69) is 17.9 Å². The summed E-state index contributed by atoms with van der Waals surface area (Å²) in [4.78, 5) is 26.6. The van der Waals surface area contributed by atoms with Crippen molar-refractivity contribution in [3.63, 3.8) is 0 Å². The number of methoxy groups -OCH3 is 1. The minimum absolute atomic E-state index is 0.314. The molecular formula is C33H41NO6S. The van der Waals surface area contributed by atoms with Crippen LogP contribution in [-0.4, -0.2) is 49.1 Å². The molecule has 0 aliphatic rings. The van der Waals surface area contributed by atoms with Crippen molar-refractivity contribution in [2.45, 2.75) is 63.3 Å². The zero-order valence-electron chi connectivity index (χ0n) is 24.5. The van der Waals surface area contributed by atoms with Crippen molar-refractivity contribution in [1.29, 1.82) is 0 Å². The Morgan fingerprint density at radius 1 is 0.878 bits per heavy atom. The summed E-state index contributed by atoms with van der Waals surface area (Å²) in [5.41, 5.74) is 1.79. The number of unbranched alkanes of at least 4 members (excludes halogenated alkanes) is 2. The Kier molecular flexibility index (Phi) is 13.6. The van der Waals surface area contributed by atoms with E-state index >= 15 is 0 Å². The van der Waals surface area contributed by atoms with E-state index in [1.54, 1.807) is 19.2 Å². The van der Waals surface area contributed by atoms with E-state index in [0.717, 1.165) is 54.0 Å². The highest BCUT2D eigenvalue weighted by molar-refractivity contribution is 7.99. The van der Waals surface area contributed by atoms with E-state index in [0.29, 0.717) is 31.2 Å². The summed E-state index contributed by atoms with van der Waals surface area (Å²) in [5, 5.41) is 0. The number of hydrogen-bond acceptors (Lipinski definition) is 8. The first-order valence-electron chi connectivity index (χ1n) is 14.0. The molecule has 0 bridgehead atoms. The molecule has 0 radical (unpaired) electrons. The van der Waals surface area contributed by atoms with Gasteiger partial charge in [0.1, 0.15) is 5.75 Å². The third-order valence-corrected chi connectivity index (χ3v) is 7.31. The molecule has 0 saturated carbocycles. The first-order chi connectivity index (χ1) is 19.9. The molecule has 0 saturated heterocycles. The van der Waals surface area contributed by atoms with Crippen LogP contribution in [-0.2, 0) is 27.3 Å². The Hall–Kier alpha value is -3.49. The highest BCUT2D eigenvalue weighted by atomic mass is 32.2. The number of esters is 2. The van der Waals surface area contributed by atoms with Crippen LogP contribution in [0.1, 0.15) is 51.2 Å². The summed E-state index contributed by atoms with van der Waals surface area (Å²) < 4.78 is 22.5. The molecule has 0 aliphatic carbocycles. The van der Waals surface area contributed by atoms with Crippen LogP contribution in [0.15, 0.2) is 77.7 Å². The molecule has 0 spiro atoms. The van der Waals surface area contributed by atoms with Crippen LogP contribution in [0.2, 0.25) is 0 Å². The molecule has 0 fully saturated rings. The quantitative estimate of drug-likeness (QED) is 0.0561. The van der Waals surface area contributed by atoms with Crippen LogP contribution >= 0.6 is 11.8 Å². The molecule has 0 heterocycles. The Bertz CT molecular complexity index is 1220. The van der Waals surface area contributed by atoms with Gasteiger partial charge in [0, 0.05) is 38.4 Å². The summed E-state index contributed by atoms with van der Waals surface area (Å²) in [7, 11) is 1.66. The second-order valence-electron chi connectivity index (χ2n) is 9.73. The summed E-state index contributed by atoms with van der Waals surface area (Å²) in [6, 6.07) is 23.5. The van der Waals surface area contributed by atoms with Gasteiger partial charge in [-0.2, -0.15) is 0 Å². The fourth-order valence-corrected chi connectivity index (χ4v) is 5.37. The van der Waals surface area contributed by atoms with Crippen molar-refractivity contribution in [2.75, 3.05) is 26.8 Å². The maximum atomic E-state index is 12.0. The Morgan fingerprint density at radius 2 is 1.61 bits per heavy atom. The molecule has 0 amide bonds. The van der Waals surface area contributed by atoms with Gasteiger partial charge in [-0.3, -0.25) is 14.5 Å². The Balaban J connectivity index is 1.77. The second kappa shape index (κ2) is 17.4. The number of rotatable bonds is 17. The molecule has 7 nitrogen and oxygen atoms in total. The molecule has 1 atom stereocenters. The van der Waals surface area contributed by atoms with Gasteiger partial charge in [-0.05, 0) is 60.4 Å². The standard InChI is InChI=1S/C33H41NO6S/c1-5-6-10-21-38-31-18-15-28(22-32(31)37-4)23-34(20-19-27-13-16-29(17-14-27)39-25(2)35)24-33(40-26(3)36)41-30-11-8-7-9-12-30/h7-9,11-18,22,33H,5-6,10,19-21,23-24H2,1-4H3. The molecule has 0 N–H and O–H groups in total. The van der Waals surface area contributed by atoms with Crippen LogP contribution in [0, 0.1) is 0 Å². The molecule has 220 valence electrons. The largest absolute Gasteiger partial charge is 0.493 e. The number of ether oxygens (including phenoxy) is 4. The zero-order valence-corrected chi connectivity index (χ0v) is 25.3. The highest BCUT2D eigenvalue weighted by Gasteiger charge is 2.20. The predicted molar refractivity (Wildman–Crippen MR) is 163 cm³/mol. The number of carbonyl (C=O) groups excluding carboxylic acids is 2. The zero-order chi connectivity index (χ0) is 29.5. The number of hydrogen-bond donors (Lipinski definition) is 0. The van der Waals surface area contributed by atoms with Gasteiger partial charge >= 0.3 is 11.9 Å². The molecular weight excluding hydrogens is 538 g/mol. The van der Waals surface area contributed by atoms with Crippen molar-refractivity contribution in [1.82, 2.24) is 4.90 Å². The Labute approximate surface area is 248 Å². The number of thioether (sulfide) groups is 1. The third-order valence-electron chi connectivity index (χ3n) is 6.26. The molecule has 3 aromatic rings. The van der Waals surface area contributed by atoms with Gasteiger partial charge in [0.15, 0.2) is 16.9 Å². The summed E-state index contributed by atoms with van der Waals surface area (Å²) >= 11 is 1.53. The van der Waals surface area contributed by atoms with Gasteiger partial charge in [0.05, 0.1) is 13.7 Å². The summed E-state index contributed by atoms with van der Waals surface area (Å²) in [5.74, 6) is 1.31. The first-order valence-corrected chi connectivity index (χ1v) is 14.9. The lowest BCUT2D eigenvalue weighted by atomic mass is 10.1. The van der Waals surface area contributed by atoms with Gasteiger partial charge < -0.3 is 18.9 Å². The minimum atomic E-state index is -0.385. The molecule has 3 rings (SSSR count). The van der Waals surface area contributed by atoms with Gasteiger partial charge in [-0.25, -0.2) is 0 Å². The van der Waals surface area contributed by atoms with Crippen LogP contribution in [0.5, 0.6) is 17.2 Å².